The molecule has 0 spiro atoms. The average Bonchev–Trinajstić information content (AvgIpc) is 3.26. The molecule has 36 heavy (non-hydrogen) atoms. The maximum absolute atomic E-state index is 13.1. The van der Waals surface area contributed by atoms with Gasteiger partial charge in [-0.05, 0) is 42.0 Å². The van der Waals surface area contributed by atoms with Gasteiger partial charge < -0.3 is 24.1 Å². The molecule has 1 atom stereocenters. The average molecular weight is 578 g/mol. The molecule has 0 amide bonds. The summed E-state index contributed by atoms with van der Waals surface area (Å²) in [6.07, 6.45) is 1.59. The van der Waals surface area contributed by atoms with E-state index in [0.29, 0.717) is 17.8 Å². The summed E-state index contributed by atoms with van der Waals surface area (Å²) >= 11 is 3.43. The highest BCUT2D eigenvalue weighted by molar-refractivity contribution is 9.10. The van der Waals surface area contributed by atoms with Crippen LogP contribution in [0.1, 0.15) is 15.9 Å². The molecule has 4 rings (SSSR count). The zero-order chi connectivity index (χ0) is 25.5. The number of aromatic nitrogens is 4. The molecule has 0 aliphatic carbocycles. The number of hydrogen-bond donors (Lipinski definition) is 2. The third-order valence-electron chi connectivity index (χ3n) is 4.94. The predicted molar refractivity (Wildman–Crippen MR) is 136 cm³/mol. The molecule has 0 radical (unpaired) electrons. The molecule has 0 saturated carbocycles. The third kappa shape index (κ3) is 7.02. The first-order chi connectivity index (χ1) is 17.4. The van der Waals surface area contributed by atoms with Crippen molar-refractivity contribution >= 4 is 47.2 Å². The number of nitrogen functional groups attached to an aromatic ring is 1. The summed E-state index contributed by atoms with van der Waals surface area (Å²) in [5.74, 6) is -0.722. The number of H-pyrrole nitrogens is 1. The Kier molecular flexibility index (Phi) is 8.89. The fraction of sp³-hybridized carbons (Fsp3) is 0.217. The molecule has 0 aliphatic rings. The second kappa shape index (κ2) is 12.3. The Balaban J connectivity index is 1.34. The number of rotatable bonds is 12. The standard InChI is InChI=1S/C23H22BrFN5O5P/c24-17-3-1-2-15(10-17)11-34-36(35-12-19(31)16-4-6-18(25)7-5-16)14-33-9-8-30-13-27-20-21(30)28-23(26)29-22(20)32/h1-7,10,13H,8-9,11-12,14H2,(H3,26,28,29,32). The van der Waals surface area contributed by atoms with Crippen molar-refractivity contribution in [1.29, 1.82) is 0 Å². The van der Waals surface area contributed by atoms with E-state index >= 15 is 0 Å². The monoisotopic (exact) mass is 577 g/mol. The number of ketones is 1. The lowest BCUT2D eigenvalue weighted by Crippen LogP contribution is -2.13. The van der Waals surface area contributed by atoms with Crippen LogP contribution in [0, 0.1) is 5.82 Å². The van der Waals surface area contributed by atoms with Crippen molar-refractivity contribution in [1.82, 2.24) is 19.5 Å². The molecule has 0 fully saturated rings. The number of Topliss-reactive ketones (excluding diaryl/α,β-unsaturated/α-hetero) is 1. The highest BCUT2D eigenvalue weighted by Gasteiger charge is 2.16. The van der Waals surface area contributed by atoms with Crippen LogP contribution in [-0.4, -0.2) is 44.9 Å². The van der Waals surface area contributed by atoms with Crippen molar-refractivity contribution in [2.24, 2.45) is 0 Å². The first kappa shape index (κ1) is 26.1. The van der Waals surface area contributed by atoms with E-state index in [-0.39, 0.29) is 43.4 Å². The highest BCUT2D eigenvalue weighted by Crippen LogP contribution is 2.39. The second-order valence-electron chi connectivity index (χ2n) is 7.54. The van der Waals surface area contributed by atoms with Gasteiger partial charge in [0.25, 0.3) is 5.56 Å². The Bertz CT molecular complexity index is 1400. The van der Waals surface area contributed by atoms with Crippen molar-refractivity contribution < 1.29 is 23.0 Å². The fourth-order valence-electron chi connectivity index (χ4n) is 3.17. The molecule has 0 aliphatic heterocycles. The van der Waals surface area contributed by atoms with Gasteiger partial charge in [0.15, 0.2) is 25.3 Å². The lowest BCUT2D eigenvalue weighted by molar-refractivity contribution is 0.0896. The minimum atomic E-state index is -1.58. The number of ether oxygens (including phenoxy) is 1. The lowest BCUT2D eigenvalue weighted by atomic mass is 10.1. The molecule has 2 aromatic carbocycles. The summed E-state index contributed by atoms with van der Waals surface area (Å²) in [7, 11) is -1.58. The molecule has 13 heteroatoms. The van der Waals surface area contributed by atoms with Gasteiger partial charge in [-0.25, -0.2) is 9.37 Å². The van der Waals surface area contributed by atoms with Gasteiger partial charge in [-0.15, -0.1) is 0 Å². The number of fused-ring (bicyclic) bond motifs is 1. The molecule has 2 aromatic heterocycles. The Morgan fingerprint density at radius 1 is 1.19 bits per heavy atom. The van der Waals surface area contributed by atoms with Gasteiger partial charge in [-0.2, -0.15) is 4.98 Å². The van der Waals surface area contributed by atoms with E-state index in [1.165, 1.54) is 30.6 Å². The minimum Gasteiger partial charge on any atom is -0.370 e. The van der Waals surface area contributed by atoms with Gasteiger partial charge in [0.1, 0.15) is 18.8 Å². The summed E-state index contributed by atoms with van der Waals surface area (Å²) in [4.78, 5) is 35.0. The number of aromatic amines is 1. The van der Waals surface area contributed by atoms with E-state index in [4.69, 9.17) is 19.5 Å². The van der Waals surface area contributed by atoms with E-state index < -0.39 is 19.8 Å². The predicted octanol–water partition coefficient (Wildman–Crippen LogP) is 4.01. The van der Waals surface area contributed by atoms with Gasteiger partial charge in [0.05, 0.1) is 19.5 Å². The molecular weight excluding hydrogens is 556 g/mol. The smallest absolute Gasteiger partial charge is 0.280 e. The van der Waals surface area contributed by atoms with Crippen LogP contribution in [0.25, 0.3) is 11.2 Å². The number of anilines is 1. The van der Waals surface area contributed by atoms with Gasteiger partial charge in [0, 0.05) is 16.6 Å². The van der Waals surface area contributed by atoms with E-state index in [0.717, 1.165) is 10.0 Å². The van der Waals surface area contributed by atoms with E-state index in [9.17, 15) is 14.0 Å². The number of nitrogens with one attached hydrogen (secondary N) is 1. The van der Waals surface area contributed by atoms with Crippen molar-refractivity contribution in [3.8, 4) is 0 Å². The summed E-state index contributed by atoms with van der Waals surface area (Å²) in [5.41, 5.74) is 7.01. The molecule has 188 valence electrons. The van der Waals surface area contributed by atoms with Gasteiger partial charge in [-0.3, -0.25) is 14.6 Å². The summed E-state index contributed by atoms with van der Waals surface area (Å²) in [6.45, 7) is 0.624. The number of benzene rings is 2. The number of nitrogens with two attached hydrogens (primary N) is 1. The number of carbonyl (C=O) groups is 1. The topological polar surface area (TPSA) is 134 Å². The van der Waals surface area contributed by atoms with Crippen LogP contribution >= 0.6 is 24.3 Å². The van der Waals surface area contributed by atoms with Crippen LogP contribution in [0.4, 0.5) is 10.3 Å². The number of nitrogens with zero attached hydrogens (tertiary/aromatic N) is 3. The molecule has 10 nitrogen and oxygen atoms in total. The van der Waals surface area contributed by atoms with Gasteiger partial charge in [-0.1, -0.05) is 28.1 Å². The molecule has 2 heterocycles. The Morgan fingerprint density at radius 3 is 2.78 bits per heavy atom. The van der Waals surface area contributed by atoms with Crippen molar-refractivity contribution in [2.45, 2.75) is 13.2 Å². The van der Waals surface area contributed by atoms with Crippen LogP contribution in [0.15, 0.2) is 64.1 Å². The molecule has 0 bridgehead atoms. The SMILES string of the molecule is Nc1nc2c(ncn2CCOCP(OCC(=O)c2ccc(F)cc2)OCc2cccc(Br)c2)c(=O)[nH]1. The Morgan fingerprint density at radius 2 is 2.00 bits per heavy atom. The molecule has 1 unspecified atom stereocenters. The largest absolute Gasteiger partial charge is 0.370 e. The summed E-state index contributed by atoms with van der Waals surface area (Å²) in [6, 6.07) is 12.9. The van der Waals surface area contributed by atoms with Crippen LogP contribution in [0.2, 0.25) is 0 Å². The minimum absolute atomic E-state index is 0.00106. The maximum atomic E-state index is 13.1. The van der Waals surface area contributed by atoms with Gasteiger partial charge in [0.2, 0.25) is 5.95 Å². The lowest BCUT2D eigenvalue weighted by Gasteiger charge is -2.18. The normalized spacial score (nSPS) is 12.2. The van der Waals surface area contributed by atoms with E-state index in [1.807, 2.05) is 24.3 Å². The second-order valence-corrected chi connectivity index (χ2v) is 9.89. The van der Waals surface area contributed by atoms with Crippen LogP contribution < -0.4 is 11.3 Å². The number of carbonyl (C=O) groups excluding carboxylic acids is 1. The maximum Gasteiger partial charge on any atom is 0.280 e. The van der Waals surface area contributed by atoms with Crippen molar-refractivity contribution in [3.05, 3.63) is 86.6 Å². The zero-order valence-electron chi connectivity index (χ0n) is 18.9. The van der Waals surface area contributed by atoms with Crippen molar-refractivity contribution in [2.75, 3.05) is 25.3 Å². The van der Waals surface area contributed by atoms with Crippen LogP contribution in [0.3, 0.4) is 0 Å². The molecule has 3 N–H and O–H groups in total. The zero-order valence-corrected chi connectivity index (χ0v) is 21.4. The van der Waals surface area contributed by atoms with E-state index in [2.05, 4.69) is 30.9 Å². The summed E-state index contributed by atoms with van der Waals surface area (Å²) in [5, 5.41) is 0. The third-order valence-corrected chi connectivity index (χ3v) is 6.66. The molecule has 4 aromatic rings. The number of imidazole rings is 1. The Hall–Kier alpha value is -3.02. The summed E-state index contributed by atoms with van der Waals surface area (Å²) < 4.78 is 33.1. The highest BCUT2D eigenvalue weighted by atomic mass is 79.9. The molecular formula is C23H22BrFN5O5P. The van der Waals surface area contributed by atoms with Gasteiger partial charge >= 0.3 is 0 Å². The van der Waals surface area contributed by atoms with Crippen LogP contribution in [-0.2, 0) is 26.9 Å². The van der Waals surface area contributed by atoms with E-state index in [1.54, 1.807) is 4.57 Å². The Labute approximate surface area is 214 Å². The fourth-order valence-corrected chi connectivity index (χ4v) is 4.67. The molecule has 0 saturated heterocycles. The number of hydrogen-bond acceptors (Lipinski definition) is 8. The number of halogens is 2. The first-order valence-corrected chi connectivity index (χ1v) is 12.9. The van der Waals surface area contributed by atoms with Crippen molar-refractivity contribution in [3.63, 3.8) is 0 Å². The first-order valence-electron chi connectivity index (χ1n) is 10.7. The van der Waals surface area contributed by atoms with Crippen LogP contribution in [0.5, 0.6) is 0 Å². The quantitative estimate of drug-likeness (QED) is 0.146.